The van der Waals surface area contributed by atoms with Crippen LogP contribution in [0.4, 0.5) is 11.4 Å². The third-order valence-corrected chi connectivity index (χ3v) is 5.01. The first-order valence-electron chi connectivity index (χ1n) is 6.75. The van der Waals surface area contributed by atoms with Crippen LogP contribution in [0.5, 0.6) is 0 Å². The fourth-order valence-electron chi connectivity index (χ4n) is 1.97. The van der Waals surface area contributed by atoms with E-state index in [1.54, 1.807) is 23.5 Å². The zero-order valence-electron chi connectivity index (χ0n) is 11.6. The second-order valence-electron chi connectivity index (χ2n) is 4.98. The Balaban J connectivity index is 1.57. The lowest BCUT2D eigenvalue weighted by atomic mass is 10.3. The lowest BCUT2D eigenvalue weighted by Crippen LogP contribution is -2.07. The van der Waals surface area contributed by atoms with Gasteiger partial charge >= 0.3 is 0 Å². The van der Waals surface area contributed by atoms with E-state index in [1.807, 2.05) is 0 Å². The summed E-state index contributed by atoms with van der Waals surface area (Å²) in [5.41, 5.74) is 2.15. The van der Waals surface area contributed by atoms with Crippen molar-refractivity contribution < 1.29 is 0 Å². The van der Waals surface area contributed by atoms with Gasteiger partial charge in [0.2, 0.25) is 0 Å². The Labute approximate surface area is 127 Å². The van der Waals surface area contributed by atoms with Gasteiger partial charge in [-0.1, -0.05) is 37.4 Å². The van der Waals surface area contributed by atoms with Crippen LogP contribution in [0.3, 0.4) is 0 Å². The summed E-state index contributed by atoms with van der Waals surface area (Å²) in [7, 11) is 0. The number of nitrogens with zero attached hydrogens (tertiary/aromatic N) is 2. The van der Waals surface area contributed by atoms with Gasteiger partial charge in [-0.15, -0.1) is 0 Å². The van der Waals surface area contributed by atoms with Crippen molar-refractivity contribution in [3.63, 3.8) is 0 Å². The van der Waals surface area contributed by atoms with E-state index in [4.69, 9.17) is 0 Å². The van der Waals surface area contributed by atoms with Gasteiger partial charge in [-0.3, -0.25) is 9.98 Å². The molecule has 0 saturated heterocycles. The second kappa shape index (κ2) is 6.10. The molecule has 2 aliphatic heterocycles. The summed E-state index contributed by atoms with van der Waals surface area (Å²) in [5, 5.41) is 9.89. The molecule has 1 aromatic carbocycles. The quantitative estimate of drug-likeness (QED) is 0.878. The molecule has 2 heterocycles. The minimum absolute atomic E-state index is 0.581. The fraction of sp³-hybridized carbons (Fsp3) is 0.429. The summed E-state index contributed by atoms with van der Waals surface area (Å²) in [6.45, 7) is 6.19. The van der Waals surface area contributed by atoms with Gasteiger partial charge in [0.05, 0.1) is 13.1 Å². The van der Waals surface area contributed by atoms with Crippen molar-refractivity contribution in [3.05, 3.63) is 24.3 Å². The molecule has 0 saturated carbocycles. The Morgan fingerprint density at radius 3 is 1.55 bits per heavy atom. The number of aliphatic imine (C=N–C) groups is 2. The van der Waals surface area contributed by atoms with Crippen LogP contribution < -0.4 is 10.6 Å². The molecule has 1 aromatic rings. The smallest absolute Gasteiger partial charge is 0.161 e. The zero-order valence-corrected chi connectivity index (χ0v) is 13.2. The van der Waals surface area contributed by atoms with Crippen molar-refractivity contribution in [2.24, 2.45) is 9.98 Å². The molecule has 20 heavy (non-hydrogen) atoms. The summed E-state index contributed by atoms with van der Waals surface area (Å²) >= 11 is 3.58. The summed E-state index contributed by atoms with van der Waals surface area (Å²) < 4.78 is 0. The van der Waals surface area contributed by atoms with Crippen LogP contribution in [0.25, 0.3) is 0 Å². The molecule has 0 amide bonds. The van der Waals surface area contributed by atoms with Crippen LogP contribution in [-0.2, 0) is 0 Å². The molecule has 2 atom stereocenters. The van der Waals surface area contributed by atoms with Crippen LogP contribution in [0.15, 0.2) is 34.3 Å². The predicted molar refractivity (Wildman–Crippen MR) is 92.4 cm³/mol. The molecule has 6 heteroatoms. The molecule has 106 valence electrons. The summed E-state index contributed by atoms with van der Waals surface area (Å²) in [4.78, 5) is 8.91. The molecule has 0 fully saturated rings. The third kappa shape index (κ3) is 3.49. The van der Waals surface area contributed by atoms with Gasteiger partial charge in [-0.2, -0.15) is 0 Å². The molecular formula is C14H18N4S2. The van der Waals surface area contributed by atoms with Gasteiger partial charge in [0.25, 0.3) is 0 Å². The summed E-state index contributed by atoms with van der Waals surface area (Å²) in [6.07, 6.45) is 0. The van der Waals surface area contributed by atoms with Crippen molar-refractivity contribution in [1.82, 2.24) is 0 Å². The largest absolute Gasteiger partial charge is 0.335 e. The van der Waals surface area contributed by atoms with E-state index < -0.39 is 0 Å². The fourth-order valence-corrected chi connectivity index (χ4v) is 3.69. The van der Waals surface area contributed by atoms with Gasteiger partial charge in [0.15, 0.2) is 10.3 Å². The maximum absolute atomic E-state index is 4.46. The predicted octanol–water partition coefficient (Wildman–Crippen LogP) is 3.49. The monoisotopic (exact) mass is 306 g/mol. The Hall–Kier alpha value is -1.14. The van der Waals surface area contributed by atoms with Gasteiger partial charge in [0, 0.05) is 21.9 Å². The SMILES string of the molecule is C[C@@H]1CN=C(Nc2ccc(NC3=NC[C@@H](C)S3)cc2)S1. The van der Waals surface area contributed by atoms with Crippen molar-refractivity contribution in [2.75, 3.05) is 23.7 Å². The zero-order chi connectivity index (χ0) is 13.9. The highest BCUT2D eigenvalue weighted by Gasteiger charge is 2.16. The number of amidine groups is 2. The Kier molecular flexibility index (Phi) is 4.21. The van der Waals surface area contributed by atoms with E-state index >= 15 is 0 Å². The highest BCUT2D eigenvalue weighted by atomic mass is 32.2. The maximum atomic E-state index is 4.46. The Bertz CT molecular complexity index is 490. The number of benzene rings is 1. The average molecular weight is 306 g/mol. The molecule has 0 bridgehead atoms. The van der Waals surface area contributed by atoms with E-state index in [0.29, 0.717) is 10.5 Å². The molecule has 4 nitrogen and oxygen atoms in total. The molecule has 2 aliphatic rings. The third-order valence-electron chi connectivity index (χ3n) is 3.00. The van der Waals surface area contributed by atoms with Crippen LogP contribution in [0.1, 0.15) is 13.8 Å². The van der Waals surface area contributed by atoms with E-state index in [2.05, 4.69) is 58.7 Å². The minimum Gasteiger partial charge on any atom is -0.335 e. The van der Waals surface area contributed by atoms with Gasteiger partial charge in [-0.25, -0.2) is 0 Å². The van der Waals surface area contributed by atoms with Crippen LogP contribution in [0.2, 0.25) is 0 Å². The normalized spacial score (nSPS) is 25.3. The van der Waals surface area contributed by atoms with Crippen molar-refractivity contribution >= 4 is 45.2 Å². The Morgan fingerprint density at radius 1 is 0.850 bits per heavy atom. The first kappa shape index (κ1) is 13.8. The lowest BCUT2D eigenvalue weighted by Gasteiger charge is -2.09. The van der Waals surface area contributed by atoms with Crippen molar-refractivity contribution in [1.29, 1.82) is 0 Å². The molecule has 0 radical (unpaired) electrons. The highest BCUT2D eigenvalue weighted by Crippen LogP contribution is 2.24. The summed E-state index contributed by atoms with van der Waals surface area (Å²) in [6, 6.07) is 8.27. The lowest BCUT2D eigenvalue weighted by molar-refractivity contribution is 0.976. The molecule has 3 rings (SSSR count). The topological polar surface area (TPSA) is 48.8 Å². The number of hydrogen-bond acceptors (Lipinski definition) is 6. The summed E-state index contributed by atoms with van der Waals surface area (Å²) in [5.74, 6) is 0. The number of thioether (sulfide) groups is 2. The van der Waals surface area contributed by atoms with Crippen LogP contribution >= 0.6 is 23.5 Å². The van der Waals surface area contributed by atoms with E-state index in [1.165, 1.54) is 0 Å². The van der Waals surface area contributed by atoms with Gasteiger partial charge in [-0.05, 0) is 24.3 Å². The van der Waals surface area contributed by atoms with Gasteiger partial charge in [0.1, 0.15) is 0 Å². The van der Waals surface area contributed by atoms with E-state index in [0.717, 1.165) is 34.8 Å². The first-order valence-corrected chi connectivity index (χ1v) is 8.51. The molecule has 0 aromatic heterocycles. The number of hydrogen-bond donors (Lipinski definition) is 2. The standard InChI is InChI=1S/C14H18N4S2/c1-9-7-15-13(19-9)17-11-3-5-12(6-4-11)18-14-16-8-10(2)20-14/h3-6,9-10H,7-8H2,1-2H3,(H,15,17)(H,16,18)/t9-,10-/m1/s1. The molecule has 0 aliphatic carbocycles. The number of nitrogens with one attached hydrogen (secondary N) is 2. The van der Waals surface area contributed by atoms with Crippen molar-refractivity contribution in [3.8, 4) is 0 Å². The van der Waals surface area contributed by atoms with E-state index in [9.17, 15) is 0 Å². The molecule has 2 N–H and O–H groups in total. The highest BCUT2D eigenvalue weighted by molar-refractivity contribution is 8.15. The van der Waals surface area contributed by atoms with Crippen LogP contribution in [0, 0.1) is 0 Å². The van der Waals surface area contributed by atoms with Gasteiger partial charge < -0.3 is 10.6 Å². The molecule has 0 spiro atoms. The molecule has 0 unspecified atom stereocenters. The van der Waals surface area contributed by atoms with E-state index in [-0.39, 0.29) is 0 Å². The molecular weight excluding hydrogens is 288 g/mol. The van der Waals surface area contributed by atoms with Crippen molar-refractivity contribution in [2.45, 2.75) is 24.3 Å². The number of rotatable bonds is 2. The number of anilines is 2. The maximum Gasteiger partial charge on any atom is 0.161 e. The minimum atomic E-state index is 0.581. The Morgan fingerprint density at radius 2 is 1.25 bits per heavy atom. The van der Waals surface area contributed by atoms with Crippen LogP contribution in [-0.4, -0.2) is 33.9 Å². The first-order chi connectivity index (χ1) is 9.69. The average Bonchev–Trinajstić information content (AvgIpc) is 3.01. The second-order valence-corrected chi connectivity index (χ2v) is 7.83.